The average Bonchev–Trinajstić information content (AvgIpc) is 1.84. The van der Waals surface area contributed by atoms with Crippen LogP contribution < -0.4 is 103 Å². The van der Waals surface area contributed by atoms with Crippen molar-refractivity contribution in [3.63, 3.8) is 0 Å². The predicted molar refractivity (Wildman–Crippen MR) is 31.4 cm³/mol. The molecule has 0 bridgehead atoms. The van der Waals surface area contributed by atoms with E-state index in [0.29, 0.717) is 12.2 Å². The van der Waals surface area contributed by atoms with Gasteiger partial charge in [0.05, 0.1) is 0 Å². The molecule has 0 fully saturated rings. The van der Waals surface area contributed by atoms with Gasteiger partial charge >= 0.3 is 103 Å². The van der Waals surface area contributed by atoms with Crippen LogP contribution in [0.15, 0.2) is 23.7 Å². The van der Waals surface area contributed by atoms with Crippen LogP contribution in [0, 0.1) is 0 Å². The maximum atomic E-state index is 10.4. The van der Waals surface area contributed by atoms with Gasteiger partial charge in [0.2, 0.25) is 11.6 Å². The molecule has 1 aliphatic carbocycles. The fourth-order valence-corrected chi connectivity index (χ4v) is 0.538. The number of aliphatic hydroxyl groups excluding tert-OH is 2. The van der Waals surface area contributed by atoms with Crippen LogP contribution >= 0.6 is 0 Å². The number of carbonyl (C=O) groups is 2. The normalized spacial score (nSPS) is 15.3. The molecule has 0 radical (unpaired) electrons. The number of hydrogen-bond donors (Lipinski definition) is 2. The van der Waals surface area contributed by atoms with E-state index in [9.17, 15) is 9.59 Å². The van der Waals surface area contributed by atoms with Crippen LogP contribution in [0.2, 0.25) is 0 Å². The van der Waals surface area contributed by atoms with E-state index in [4.69, 9.17) is 10.2 Å². The Balaban J connectivity index is 0. The topological polar surface area (TPSA) is 74.6 Å². The third-order valence-electron chi connectivity index (χ3n) is 1.04. The van der Waals surface area contributed by atoms with Crippen LogP contribution in [-0.4, -0.2) is 21.8 Å². The Morgan fingerprint density at radius 1 is 0.833 bits per heavy atom. The van der Waals surface area contributed by atoms with Crippen LogP contribution in [0.5, 0.6) is 0 Å². The summed E-state index contributed by atoms with van der Waals surface area (Å²) in [6.45, 7) is 0. The summed E-state index contributed by atoms with van der Waals surface area (Å²) in [6, 6.07) is 0. The Kier molecular flexibility index (Phi) is 9.47. The molecular weight excluding hydrogens is 214 g/mol. The van der Waals surface area contributed by atoms with Gasteiger partial charge in [-0.3, -0.25) is 9.59 Å². The summed E-state index contributed by atoms with van der Waals surface area (Å²) in [4.78, 5) is 20.9. The molecule has 6 heteroatoms. The first kappa shape index (κ1) is 16.1. The maximum Gasteiger partial charge on any atom is 1.00 e. The van der Waals surface area contributed by atoms with Crippen LogP contribution in [-0.2, 0) is 9.59 Å². The second-order valence-corrected chi connectivity index (χ2v) is 1.79. The molecule has 4 nitrogen and oxygen atoms in total. The summed E-state index contributed by atoms with van der Waals surface area (Å²) in [6.07, 6.45) is 1.36. The molecule has 0 aromatic carbocycles. The fraction of sp³-hybridized carbons (Fsp3) is 0. The predicted octanol–water partition coefficient (Wildman–Crippen LogP) is -5.97. The third-order valence-corrected chi connectivity index (χ3v) is 1.04. The van der Waals surface area contributed by atoms with Crippen molar-refractivity contribution in [3.8, 4) is 0 Å². The van der Waals surface area contributed by atoms with E-state index < -0.39 is 23.1 Å². The molecule has 0 saturated heterocycles. The first-order valence-corrected chi connectivity index (χ1v) is 2.51. The molecule has 0 aromatic heterocycles. The zero-order valence-electron chi connectivity index (χ0n) is 6.87. The van der Waals surface area contributed by atoms with Crippen molar-refractivity contribution in [1.29, 1.82) is 0 Å². The first-order valence-electron chi connectivity index (χ1n) is 2.51. The summed E-state index contributed by atoms with van der Waals surface area (Å²) in [7, 11) is 0. The molecule has 0 amide bonds. The smallest absolute Gasteiger partial charge is 0.504 e. The minimum absolute atomic E-state index is 0. The van der Waals surface area contributed by atoms with Crippen molar-refractivity contribution in [2.24, 2.45) is 0 Å². The van der Waals surface area contributed by atoms with Gasteiger partial charge in [0.15, 0.2) is 11.5 Å². The van der Waals surface area contributed by atoms with E-state index in [1.807, 2.05) is 0 Å². The van der Waals surface area contributed by atoms with Crippen molar-refractivity contribution in [2.75, 3.05) is 0 Å². The third kappa shape index (κ3) is 4.27. The summed E-state index contributed by atoms with van der Waals surface area (Å²) in [5, 5.41) is 17.2. The molecule has 0 spiro atoms. The van der Waals surface area contributed by atoms with Gasteiger partial charge in [0.1, 0.15) is 0 Å². The standard InChI is InChI=1S/C6H4O4.2K/c7-3-1-4(8)6(10)2-5(3)9;;/h1-2,7,10H;;/q;2*+1. The van der Waals surface area contributed by atoms with Gasteiger partial charge < -0.3 is 10.2 Å². The minimum Gasteiger partial charge on any atom is -0.504 e. The second-order valence-electron chi connectivity index (χ2n) is 1.79. The van der Waals surface area contributed by atoms with Crippen molar-refractivity contribution in [1.82, 2.24) is 0 Å². The van der Waals surface area contributed by atoms with E-state index in [1.54, 1.807) is 0 Å². The van der Waals surface area contributed by atoms with Crippen molar-refractivity contribution < 1.29 is 123 Å². The van der Waals surface area contributed by atoms with E-state index >= 15 is 0 Å². The summed E-state index contributed by atoms with van der Waals surface area (Å²) < 4.78 is 0. The first-order chi connectivity index (χ1) is 4.61. The number of carbonyl (C=O) groups excluding carboxylic acids is 2. The Morgan fingerprint density at radius 3 is 1.33 bits per heavy atom. The van der Waals surface area contributed by atoms with Gasteiger partial charge in [-0.1, -0.05) is 0 Å². The molecule has 0 unspecified atom stereocenters. The number of rotatable bonds is 0. The van der Waals surface area contributed by atoms with Crippen molar-refractivity contribution >= 4 is 11.6 Å². The number of hydrogen-bond acceptors (Lipinski definition) is 4. The molecular formula is C6H4K2O4+2. The van der Waals surface area contributed by atoms with Gasteiger partial charge in [0, 0.05) is 12.2 Å². The molecule has 12 heavy (non-hydrogen) atoms. The van der Waals surface area contributed by atoms with Crippen LogP contribution in [0.1, 0.15) is 0 Å². The van der Waals surface area contributed by atoms with Gasteiger partial charge in [-0.2, -0.15) is 0 Å². The number of aliphatic hydroxyl groups is 2. The van der Waals surface area contributed by atoms with E-state index in [2.05, 4.69) is 0 Å². The molecule has 0 aromatic rings. The second kappa shape index (κ2) is 7.05. The zero-order valence-corrected chi connectivity index (χ0v) is 13.1. The Labute approximate surface area is 154 Å². The molecule has 0 saturated carbocycles. The van der Waals surface area contributed by atoms with Crippen LogP contribution in [0.4, 0.5) is 0 Å². The summed E-state index contributed by atoms with van der Waals surface area (Å²) in [5.74, 6) is -2.78. The van der Waals surface area contributed by atoms with E-state index in [1.165, 1.54) is 0 Å². The Morgan fingerprint density at radius 2 is 1.08 bits per heavy atom. The van der Waals surface area contributed by atoms with E-state index in [0.717, 1.165) is 0 Å². The van der Waals surface area contributed by atoms with Crippen LogP contribution in [0.25, 0.3) is 0 Å². The molecule has 2 N–H and O–H groups in total. The maximum absolute atomic E-state index is 10.4. The van der Waals surface area contributed by atoms with Gasteiger partial charge in [-0.25, -0.2) is 0 Å². The average molecular weight is 218 g/mol. The van der Waals surface area contributed by atoms with Gasteiger partial charge in [-0.15, -0.1) is 0 Å². The molecule has 0 heterocycles. The quantitative estimate of drug-likeness (QED) is 0.314. The van der Waals surface area contributed by atoms with Crippen LogP contribution in [0.3, 0.4) is 0 Å². The fourth-order valence-electron chi connectivity index (χ4n) is 0.538. The Bertz CT molecular complexity index is 239. The van der Waals surface area contributed by atoms with Crippen molar-refractivity contribution in [3.05, 3.63) is 23.7 Å². The molecule has 1 rings (SSSR count). The summed E-state index contributed by atoms with van der Waals surface area (Å²) in [5.41, 5.74) is 0. The van der Waals surface area contributed by atoms with Gasteiger partial charge in [-0.05, 0) is 0 Å². The molecule has 0 atom stereocenters. The monoisotopic (exact) mass is 218 g/mol. The SMILES string of the molecule is O=C1C=C(O)C(=O)C=C1O.[K+].[K+]. The minimum atomic E-state index is -0.753. The zero-order chi connectivity index (χ0) is 7.72. The number of allylic oxidation sites excluding steroid dienone is 2. The molecule has 52 valence electrons. The van der Waals surface area contributed by atoms with E-state index in [-0.39, 0.29) is 103 Å². The largest absolute Gasteiger partial charge is 1.00 e. The summed E-state index contributed by atoms with van der Waals surface area (Å²) >= 11 is 0. The van der Waals surface area contributed by atoms with Gasteiger partial charge in [0.25, 0.3) is 0 Å². The molecule has 1 aliphatic rings. The molecule has 0 aliphatic heterocycles. The number of ketones is 2. The van der Waals surface area contributed by atoms with Crippen molar-refractivity contribution in [2.45, 2.75) is 0 Å². The Hall–Kier alpha value is 1.69.